The molecule has 16 heavy (non-hydrogen) atoms. The molecular weight excluding hydrogens is 291 g/mol. The summed E-state index contributed by atoms with van der Waals surface area (Å²) in [6, 6.07) is 9.33. The van der Waals surface area contributed by atoms with Crippen molar-refractivity contribution in [2.45, 2.75) is 5.33 Å². The van der Waals surface area contributed by atoms with Crippen LogP contribution in [0.3, 0.4) is 0 Å². The highest BCUT2D eigenvalue weighted by atomic mass is 79.9. The molecule has 0 aliphatic carbocycles. The summed E-state index contributed by atoms with van der Waals surface area (Å²) in [5.74, 6) is 0. The molecule has 0 radical (unpaired) electrons. The van der Waals surface area contributed by atoms with Gasteiger partial charge >= 0.3 is 0 Å². The quantitative estimate of drug-likeness (QED) is 0.799. The van der Waals surface area contributed by atoms with E-state index in [-0.39, 0.29) is 5.56 Å². The zero-order chi connectivity index (χ0) is 11.5. The number of nitrogens with zero attached hydrogens (tertiary/aromatic N) is 2. The van der Waals surface area contributed by atoms with Gasteiger partial charge in [-0.3, -0.25) is 9.36 Å². The van der Waals surface area contributed by atoms with E-state index in [9.17, 15) is 4.79 Å². The number of rotatable bonds is 2. The zero-order valence-corrected chi connectivity index (χ0v) is 10.6. The molecule has 0 amide bonds. The molecule has 0 saturated heterocycles. The lowest BCUT2D eigenvalue weighted by molar-refractivity contribution is 0.898. The third-order valence-corrected chi connectivity index (χ3v) is 3.00. The van der Waals surface area contributed by atoms with Crippen LogP contribution in [-0.2, 0) is 5.33 Å². The number of halogens is 2. The van der Waals surface area contributed by atoms with Gasteiger partial charge in [0.2, 0.25) is 0 Å². The Kier molecular flexibility index (Phi) is 3.41. The van der Waals surface area contributed by atoms with Crippen LogP contribution in [0.25, 0.3) is 5.69 Å². The number of alkyl halides is 1. The summed E-state index contributed by atoms with van der Waals surface area (Å²) >= 11 is 9.26. The summed E-state index contributed by atoms with van der Waals surface area (Å²) in [6.07, 6.45) is 1.22. The summed E-state index contributed by atoms with van der Waals surface area (Å²) in [7, 11) is 0. The molecule has 0 fully saturated rings. The Morgan fingerprint density at radius 3 is 2.62 bits per heavy atom. The summed E-state index contributed by atoms with van der Waals surface area (Å²) in [5, 5.41) is 0.810. The second-order valence-electron chi connectivity index (χ2n) is 3.14. The molecule has 5 heteroatoms. The lowest BCUT2D eigenvalue weighted by atomic mass is 10.3. The second kappa shape index (κ2) is 4.80. The standard InChI is InChI=1S/C11H8BrClN2O/c12-6-9-11(13)14-7-10(16)15(9)8-4-2-1-3-5-8/h1-5,7H,6H2. The molecule has 0 aliphatic heterocycles. The molecular formula is C11H8BrClN2O. The monoisotopic (exact) mass is 298 g/mol. The fraction of sp³-hybridized carbons (Fsp3) is 0.0909. The third kappa shape index (κ3) is 2.03. The van der Waals surface area contributed by atoms with Gasteiger partial charge in [0, 0.05) is 11.0 Å². The predicted molar refractivity (Wildman–Crippen MR) is 67.5 cm³/mol. The molecule has 0 atom stereocenters. The van der Waals surface area contributed by atoms with Crippen LogP contribution in [0.1, 0.15) is 5.69 Å². The lowest BCUT2D eigenvalue weighted by Gasteiger charge is -2.11. The summed E-state index contributed by atoms with van der Waals surface area (Å²) in [5.41, 5.74) is 1.25. The van der Waals surface area contributed by atoms with Gasteiger partial charge < -0.3 is 0 Å². The van der Waals surface area contributed by atoms with E-state index in [1.807, 2.05) is 30.3 Å². The van der Waals surface area contributed by atoms with Crippen molar-refractivity contribution in [1.82, 2.24) is 9.55 Å². The van der Waals surface area contributed by atoms with E-state index in [1.165, 1.54) is 6.20 Å². The predicted octanol–water partition coefficient (Wildman–Crippen LogP) is 2.78. The van der Waals surface area contributed by atoms with Gasteiger partial charge in [-0.15, -0.1) is 0 Å². The third-order valence-electron chi connectivity index (χ3n) is 2.16. The van der Waals surface area contributed by atoms with Crippen molar-refractivity contribution < 1.29 is 0 Å². The Hall–Kier alpha value is -1.13. The van der Waals surface area contributed by atoms with Crippen molar-refractivity contribution in [2.24, 2.45) is 0 Å². The average Bonchev–Trinajstić information content (AvgIpc) is 2.33. The van der Waals surface area contributed by atoms with Crippen LogP contribution in [0, 0.1) is 0 Å². The molecule has 3 nitrogen and oxygen atoms in total. The Morgan fingerprint density at radius 2 is 2.00 bits per heavy atom. The Morgan fingerprint density at radius 1 is 1.31 bits per heavy atom. The minimum Gasteiger partial charge on any atom is -0.276 e. The molecule has 0 saturated carbocycles. The van der Waals surface area contributed by atoms with Crippen LogP contribution < -0.4 is 5.56 Å². The molecule has 0 unspecified atom stereocenters. The smallest absolute Gasteiger partial charge is 0.273 e. The Balaban J connectivity index is 2.73. The van der Waals surface area contributed by atoms with Crippen LogP contribution >= 0.6 is 27.5 Å². The SMILES string of the molecule is O=c1cnc(Cl)c(CBr)n1-c1ccccc1. The molecule has 0 aliphatic rings. The van der Waals surface area contributed by atoms with Crippen LogP contribution in [0.5, 0.6) is 0 Å². The highest BCUT2D eigenvalue weighted by Gasteiger charge is 2.09. The summed E-state index contributed by atoms with van der Waals surface area (Å²) in [6.45, 7) is 0. The molecule has 0 N–H and O–H groups in total. The molecule has 82 valence electrons. The van der Waals surface area contributed by atoms with Crippen molar-refractivity contribution in [3.05, 3.63) is 57.7 Å². The van der Waals surface area contributed by atoms with Gasteiger partial charge in [-0.05, 0) is 12.1 Å². The van der Waals surface area contributed by atoms with Crippen molar-refractivity contribution >= 4 is 27.5 Å². The van der Waals surface area contributed by atoms with Gasteiger partial charge in [0.15, 0.2) is 0 Å². The second-order valence-corrected chi connectivity index (χ2v) is 4.06. The van der Waals surface area contributed by atoms with Crippen LogP contribution in [0.4, 0.5) is 0 Å². The number of benzene rings is 1. The van der Waals surface area contributed by atoms with Crippen LogP contribution in [-0.4, -0.2) is 9.55 Å². The van der Waals surface area contributed by atoms with Gasteiger partial charge in [-0.2, -0.15) is 0 Å². The Bertz CT molecular complexity index is 554. The van der Waals surface area contributed by atoms with Gasteiger partial charge in [0.25, 0.3) is 5.56 Å². The maximum atomic E-state index is 11.8. The Labute approximate surface area is 106 Å². The van der Waals surface area contributed by atoms with Crippen LogP contribution in [0.15, 0.2) is 41.3 Å². The molecule has 0 spiro atoms. The molecule has 0 bridgehead atoms. The lowest BCUT2D eigenvalue weighted by Crippen LogP contribution is -2.21. The zero-order valence-electron chi connectivity index (χ0n) is 8.23. The normalized spacial score (nSPS) is 10.4. The maximum Gasteiger partial charge on any atom is 0.273 e. The first-order chi connectivity index (χ1) is 7.74. The van der Waals surface area contributed by atoms with Crippen molar-refractivity contribution in [3.63, 3.8) is 0 Å². The first kappa shape index (κ1) is 11.4. The molecule has 1 aromatic heterocycles. The molecule has 1 heterocycles. The fourth-order valence-electron chi connectivity index (χ4n) is 1.44. The number of aromatic nitrogens is 2. The molecule has 2 rings (SSSR count). The van der Waals surface area contributed by atoms with Crippen molar-refractivity contribution in [1.29, 1.82) is 0 Å². The fourth-order valence-corrected chi connectivity index (χ4v) is 2.32. The van der Waals surface area contributed by atoms with Gasteiger partial charge in [0.1, 0.15) is 5.15 Å². The minimum absolute atomic E-state index is 0.190. The first-order valence-corrected chi connectivity index (χ1v) is 6.12. The van der Waals surface area contributed by atoms with Crippen molar-refractivity contribution in [3.8, 4) is 5.69 Å². The summed E-state index contributed by atoms with van der Waals surface area (Å²) < 4.78 is 1.55. The largest absolute Gasteiger partial charge is 0.276 e. The van der Waals surface area contributed by atoms with E-state index < -0.39 is 0 Å². The van der Waals surface area contributed by atoms with E-state index in [0.717, 1.165) is 5.69 Å². The van der Waals surface area contributed by atoms with Gasteiger partial charge in [-0.1, -0.05) is 45.7 Å². The maximum absolute atomic E-state index is 11.8. The average molecular weight is 300 g/mol. The topological polar surface area (TPSA) is 34.9 Å². The van der Waals surface area contributed by atoms with Crippen molar-refractivity contribution in [2.75, 3.05) is 0 Å². The molecule has 1 aromatic carbocycles. The molecule has 2 aromatic rings. The van der Waals surface area contributed by atoms with E-state index in [0.29, 0.717) is 16.2 Å². The van der Waals surface area contributed by atoms with E-state index >= 15 is 0 Å². The van der Waals surface area contributed by atoms with E-state index in [2.05, 4.69) is 20.9 Å². The van der Waals surface area contributed by atoms with E-state index in [1.54, 1.807) is 4.57 Å². The van der Waals surface area contributed by atoms with Crippen LogP contribution in [0.2, 0.25) is 5.15 Å². The highest BCUT2D eigenvalue weighted by Crippen LogP contribution is 2.17. The summed E-state index contributed by atoms with van der Waals surface area (Å²) in [4.78, 5) is 15.6. The minimum atomic E-state index is -0.190. The van der Waals surface area contributed by atoms with E-state index in [4.69, 9.17) is 11.6 Å². The number of para-hydroxylation sites is 1. The first-order valence-electron chi connectivity index (χ1n) is 4.62. The number of hydrogen-bond donors (Lipinski definition) is 0. The van der Waals surface area contributed by atoms with Gasteiger partial charge in [-0.25, -0.2) is 4.98 Å². The van der Waals surface area contributed by atoms with Gasteiger partial charge in [0.05, 0.1) is 11.9 Å². The number of hydrogen-bond acceptors (Lipinski definition) is 2. The highest BCUT2D eigenvalue weighted by molar-refractivity contribution is 9.08.